The van der Waals surface area contributed by atoms with Crippen LogP contribution in [-0.4, -0.2) is 19.3 Å². The first-order valence-electron chi connectivity index (χ1n) is 14.1. The van der Waals surface area contributed by atoms with Crippen molar-refractivity contribution in [3.8, 4) is 45.0 Å². The summed E-state index contributed by atoms with van der Waals surface area (Å²) < 4.78 is 4.38. The second-order valence-electron chi connectivity index (χ2n) is 10.3. The molecule has 0 N–H and O–H groups in total. The van der Waals surface area contributed by atoms with Crippen molar-refractivity contribution in [3.05, 3.63) is 158 Å². The topological polar surface area (TPSA) is 35.6 Å². The minimum Gasteiger partial charge on any atom is -0.308 e. The molecule has 3 heterocycles. The Balaban J connectivity index is 1.36. The Labute approximate surface area is 243 Å². The van der Waals surface area contributed by atoms with Gasteiger partial charge in [-0.1, -0.05) is 109 Å². The highest BCUT2D eigenvalue weighted by atomic mass is 15.3. The molecule has 0 atom stereocenters. The molecule has 8 aromatic rings. The third-order valence-electron chi connectivity index (χ3n) is 7.87. The van der Waals surface area contributed by atoms with E-state index in [4.69, 9.17) is 5.10 Å². The largest absolute Gasteiger partial charge is 0.308 e. The summed E-state index contributed by atoms with van der Waals surface area (Å²) in [7, 11) is 0. The highest BCUT2D eigenvalue weighted by molar-refractivity contribution is 6.08. The third-order valence-corrected chi connectivity index (χ3v) is 7.87. The van der Waals surface area contributed by atoms with E-state index in [9.17, 15) is 0 Å². The molecule has 0 aliphatic rings. The molecule has 42 heavy (non-hydrogen) atoms. The van der Waals surface area contributed by atoms with Gasteiger partial charge in [-0.25, -0.2) is 4.68 Å². The van der Waals surface area contributed by atoms with Gasteiger partial charge in [-0.2, -0.15) is 5.10 Å². The van der Waals surface area contributed by atoms with Gasteiger partial charge in [0.05, 0.1) is 28.6 Å². The molecular formula is C38H26N4. The molecule has 4 heteroatoms. The molecule has 0 radical (unpaired) electrons. The van der Waals surface area contributed by atoms with Crippen LogP contribution in [-0.2, 0) is 0 Å². The van der Waals surface area contributed by atoms with Crippen molar-refractivity contribution in [1.82, 2.24) is 19.3 Å². The highest BCUT2D eigenvalue weighted by Gasteiger charge is 2.23. The number of rotatable bonds is 5. The summed E-state index contributed by atoms with van der Waals surface area (Å²) in [5.41, 5.74) is 10.8. The first-order chi connectivity index (χ1) is 20.9. The van der Waals surface area contributed by atoms with Crippen LogP contribution >= 0.6 is 0 Å². The quantitative estimate of drug-likeness (QED) is 0.219. The molecule has 0 spiro atoms. The van der Waals surface area contributed by atoms with E-state index in [-0.39, 0.29) is 0 Å². The molecule has 0 amide bonds. The minimum atomic E-state index is 0.957. The zero-order chi connectivity index (χ0) is 27.9. The maximum Gasteiger partial charge on any atom is 0.101 e. The number of benzene rings is 5. The van der Waals surface area contributed by atoms with Crippen molar-refractivity contribution in [2.24, 2.45) is 0 Å². The first-order valence-corrected chi connectivity index (χ1v) is 14.1. The second-order valence-corrected chi connectivity index (χ2v) is 10.3. The fourth-order valence-electron chi connectivity index (χ4n) is 5.98. The molecule has 0 aliphatic heterocycles. The normalized spacial score (nSPS) is 11.3. The molecule has 0 aliphatic carbocycles. The maximum absolute atomic E-state index is 5.30. The Kier molecular flexibility index (Phi) is 5.75. The molecule has 8 rings (SSSR count). The van der Waals surface area contributed by atoms with Gasteiger partial charge >= 0.3 is 0 Å². The molecule has 0 unspecified atom stereocenters. The lowest BCUT2D eigenvalue weighted by Crippen LogP contribution is -2.01. The van der Waals surface area contributed by atoms with E-state index >= 15 is 0 Å². The van der Waals surface area contributed by atoms with E-state index in [1.165, 1.54) is 10.8 Å². The zero-order valence-corrected chi connectivity index (χ0v) is 22.8. The molecule has 198 valence electrons. The number of aromatic nitrogens is 4. The fraction of sp³-hybridized carbons (Fsp3) is 0. The number of pyridine rings is 1. The third kappa shape index (κ3) is 3.93. The maximum atomic E-state index is 5.30. The monoisotopic (exact) mass is 538 g/mol. The van der Waals surface area contributed by atoms with E-state index in [0.717, 1.165) is 56.0 Å². The molecular weight excluding hydrogens is 512 g/mol. The smallest absolute Gasteiger partial charge is 0.101 e. The first kappa shape index (κ1) is 24.1. The summed E-state index contributed by atoms with van der Waals surface area (Å²) in [6.07, 6.45) is 3.81. The predicted molar refractivity (Wildman–Crippen MR) is 172 cm³/mol. The van der Waals surface area contributed by atoms with Gasteiger partial charge in [0, 0.05) is 39.3 Å². The standard InChI is InChI=1S/C38H26N4/c1-4-12-27(13-5-1)36-37(28-14-6-2-7-15-28)40-42(38(36)29-16-8-3-9-17-29)31-22-20-30(21-23-31)41-34-19-11-10-18-32(34)33-24-25-39-26-35(33)41/h1-26H. The van der Waals surface area contributed by atoms with Gasteiger partial charge < -0.3 is 4.57 Å². The summed E-state index contributed by atoms with van der Waals surface area (Å²) in [5.74, 6) is 0. The van der Waals surface area contributed by atoms with Crippen molar-refractivity contribution in [1.29, 1.82) is 0 Å². The average Bonchev–Trinajstić information content (AvgIpc) is 3.63. The summed E-state index contributed by atoms with van der Waals surface area (Å²) in [5, 5.41) is 7.71. The Bertz CT molecular complexity index is 2110. The number of hydrogen-bond acceptors (Lipinski definition) is 2. The van der Waals surface area contributed by atoms with Crippen LogP contribution in [0.3, 0.4) is 0 Å². The lowest BCUT2D eigenvalue weighted by molar-refractivity contribution is 0.891. The molecule has 0 saturated carbocycles. The van der Waals surface area contributed by atoms with Gasteiger partial charge in [-0.3, -0.25) is 4.98 Å². The van der Waals surface area contributed by atoms with Crippen molar-refractivity contribution in [2.45, 2.75) is 0 Å². The van der Waals surface area contributed by atoms with Crippen molar-refractivity contribution in [2.75, 3.05) is 0 Å². The SMILES string of the molecule is c1ccc(-c2nn(-c3ccc(-n4c5ccccc5c5ccncc54)cc3)c(-c3ccccc3)c2-c2ccccc2)cc1. The second kappa shape index (κ2) is 10.0. The lowest BCUT2D eigenvalue weighted by Gasteiger charge is -2.12. The van der Waals surface area contributed by atoms with E-state index in [2.05, 4.69) is 154 Å². The van der Waals surface area contributed by atoms with Gasteiger partial charge in [0.15, 0.2) is 0 Å². The van der Waals surface area contributed by atoms with Crippen LogP contribution in [0.25, 0.3) is 66.8 Å². The van der Waals surface area contributed by atoms with Gasteiger partial charge in [-0.15, -0.1) is 0 Å². The fourth-order valence-corrected chi connectivity index (χ4v) is 5.98. The van der Waals surface area contributed by atoms with Crippen molar-refractivity contribution in [3.63, 3.8) is 0 Å². The molecule has 0 fully saturated rings. The summed E-state index contributed by atoms with van der Waals surface area (Å²) in [6, 6.07) is 50.9. The summed E-state index contributed by atoms with van der Waals surface area (Å²) in [4.78, 5) is 4.44. The molecule has 4 nitrogen and oxygen atoms in total. The lowest BCUT2D eigenvalue weighted by atomic mass is 9.96. The highest BCUT2D eigenvalue weighted by Crippen LogP contribution is 2.41. The van der Waals surface area contributed by atoms with Crippen LogP contribution in [0.5, 0.6) is 0 Å². The van der Waals surface area contributed by atoms with Crippen LogP contribution in [0, 0.1) is 0 Å². The van der Waals surface area contributed by atoms with E-state index < -0.39 is 0 Å². The van der Waals surface area contributed by atoms with Crippen LogP contribution in [0.2, 0.25) is 0 Å². The predicted octanol–water partition coefficient (Wildman–Crippen LogP) is 9.37. The van der Waals surface area contributed by atoms with Gasteiger partial charge in [0.2, 0.25) is 0 Å². The van der Waals surface area contributed by atoms with Gasteiger partial charge in [0.25, 0.3) is 0 Å². The molecule has 0 saturated heterocycles. The zero-order valence-electron chi connectivity index (χ0n) is 22.8. The van der Waals surface area contributed by atoms with Crippen LogP contribution < -0.4 is 0 Å². The number of para-hydroxylation sites is 1. The Morgan fingerprint density at radius 2 is 1.02 bits per heavy atom. The van der Waals surface area contributed by atoms with Crippen LogP contribution in [0.4, 0.5) is 0 Å². The minimum absolute atomic E-state index is 0.957. The molecule has 5 aromatic carbocycles. The van der Waals surface area contributed by atoms with Crippen LogP contribution in [0.15, 0.2) is 158 Å². The Morgan fingerprint density at radius 3 is 1.74 bits per heavy atom. The summed E-state index contributed by atoms with van der Waals surface area (Å²) >= 11 is 0. The van der Waals surface area contributed by atoms with E-state index in [1.807, 2.05) is 18.5 Å². The Morgan fingerprint density at radius 1 is 0.452 bits per heavy atom. The van der Waals surface area contributed by atoms with Crippen molar-refractivity contribution < 1.29 is 0 Å². The number of fused-ring (bicyclic) bond motifs is 3. The van der Waals surface area contributed by atoms with E-state index in [1.54, 1.807) is 0 Å². The molecule has 3 aromatic heterocycles. The van der Waals surface area contributed by atoms with Gasteiger partial charge in [0.1, 0.15) is 5.69 Å². The average molecular weight is 539 g/mol. The molecule has 0 bridgehead atoms. The number of nitrogens with zero attached hydrogens (tertiary/aromatic N) is 4. The number of hydrogen-bond donors (Lipinski definition) is 0. The van der Waals surface area contributed by atoms with Crippen LogP contribution in [0.1, 0.15) is 0 Å². The Hall–Kier alpha value is -5.74. The van der Waals surface area contributed by atoms with Crippen molar-refractivity contribution >= 4 is 21.8 Å². The van der Waals surface area contributed by atoms with E-state index in [0.29, 0.717) is 0 Å². The summed E-state index contributed by atoms with van der Waals surface area (Å²) in [6.45, 7) is 0. The van der Waals surface area contributed by atoms with Gasteiger partial charge in [-0.05, 0) is 42.0 Å².